The van der Waals surface area contributed by atoms with E-state index in [0.29, 0.717) is 10.6 Å². The number of thioether (sulfide) groups is 1. The summed E-state index contributed by atoms with van der Waals surface area (Å²) < 4.78 is 4.87. The Morgan fingerprint density at radius 3 is 2.38 bits per heavy atom. The van der Waals surface area contributed by atoms with Crippen LogP contribution >= 0.6 is 11.8 Å². The molecule has 1 N–H and O–H groups in total. The topological polar surface area (TPSA) is 75.7 Å². The second-order valence-corrected chi connectivity index (χ2v) is 9.14. The summed E-state index contributed by atoms with van der Waals surface area (Å²) in [5.41, 5.74) is 1.84. The molecular weight excluding hydrogens is 424 g/mol. The van der Waals surface area contributed by atoms with Gasteiger partial charge in [0.15, 0.2) is 0 Å². The van der Waals surface area contributed by atoms with Gasteiger partial charge in [-0.05, 0) is 44.0 Å². The van der Waals surface area contributed by atoms with E-state index in [1.54, 1.807) is 24.3 Å². The van der Waals surface area contributed by atoms with Crippen molar-refractivity contribution in [2.24, 2.45) is 0 Å². The van der Waals surface area contributed by atoms with Crippen LogP contribution in [0.2, 0.25) is 0 Å². The number of ether oxygens (including phenoxy) is 1. The predicted molar refractivity (Wildman–Crippen MR) is 124 cm³/mol. The number of imide groups is 1. The van der Waals surface area contributed by atoms with Crippen LogP contribution in [0.5, 0.6) is 0 Å². The second-order valence-electron chi connectivity index (χ2n) is 8.05. The number of hydrogen-bond acceptors (Lipinski definition) is 6. The van der Waals surface area contributed by atoms with E-state index in [9.17, 15) is 14.4 Å². The van der Waals surface area contributed by atoms with Gasteiger partial charge in [0.25, 0.3) is 11.8 Å². The first-order valence-corrected chi connectivity index (χ1v) is 11.6. The van der Waals surface area contributed by atoms with E-state index in [1.807, 2.05) is 31.2 Å². The Bertz CT molecular complexity index is 1070. The fourth-order valence-corrected chi connectivity index (χ4v) is 5.01. The zero-order valence-corrected chi connectivity index (χ0v) is 19.0. The van der Waals surface area contributed by atoms with Gasteiger partial charge in [-0.15, -0.1) is 0 Å². The third kappa shape index (κ3) is 4.43. The quantitative estimate of drug-likeness (QED) is 0.513. The van der Waals surface area contributed by atoms with Crippen molar-refractivity contribution in [3.63, 3.8) is 0 Å². The summed E-state index contributed by atoms with van der Waals surface area (Å²) in [7, 11) is 1.28. The standard InChI is InChI=1S/C25H26N2O4S/c1-16-12-14-18(15-13-16)32-22-21(26-17-8-4-3-5-9-17)23(28)27(24(22)29)20-11-7-6-10-19(20)25(30)31-2/h6-7,10-15,17,26H,3-5,8-9H2,1-2H3. The van der Waals surface area contributed by atoms with Gasteiger partial charge in [0.2, 0.25) is 0 Å². The molecule has 6 nitrogen and oxygen atoms in total. The minimum absolute atomic E-state index is 0.153. The van der Waals surface area contributed by atoms with E-state index in [0.717, 1.165) is 41.0 Å². The molecule has 7 heteroatoms. The number of aryl methyl sites for hydroxylation is 1. The summed E-state index contributed by atoms with van der Waals surface area (Å²) in [6, 6.07) is 14.5. The monoisotopic (exact) mass is 450 g/mol. The Kier molecular flexibility index (Phi) is 6.65. The number of nitrogens with one attached hydrogen (secondary N) is 1. The van der Waals surface area contributed by atoms with Crippen LogP contribution < -0.4 is 10.2 Å². The summed E-state index contributed by atoms with van der Waals surface area (Å²) in [5.74, 6) is -1.47. The lowest BCUT2D eigenvalue weighted by Gasteiger charge is -2.24. The smallest absolute Gasteiger partial charge is 0.339 e. The highest BCUT2D eigenvalue weighted by molar-refractivity contribution is 8.04. The van der Waals surface area contributed by atoms with Crippen LogP contribution in [0.25, 0.3) is 0 Å². The van der Waals surface area contributed by atoms with Crippen LogP contribution in [0.4, 0.5) is 5.69 Å². The first-order chi connectivity index (χ1) is 15.5. The molecular formula is C25H26N2O4S. The molecule has 1 aliphatic carbocycles. The van der Waals surface area contributed by atoms with Crippen LogP contribution in [0, 0.1) is 6.92 Å². The molecule has 0 unspecified atom stereocenters. The average Bonchev–Trinajstić information content (AvgIpc) is 3.04. The van der Waals surface area contributed by atoms with E-state index in [2.05, 4.69) is 5.32 Å². The van der Waals surface area contributed by atoms with Gasteiger partial charge >= 0.3 is 5.97 Å². The van der Waals surface area contributed by atoms with Gasteiger partial charge in [0.1, 0.15) is 10.6 Å². The maximum atomic E-state index is 13.5. The van der Waals surface area contributed by atoms with Gasteiger partial charge in [-0.3, -0.25) is 9.59 Å². The van der Waals surface area contributed by atoms with Crippen LogP contribution in [0.15, 0.2) is 64.0 Å². The number of esters is 1. The van der Waals surface area contributed by atoms with Crippen molar-refractivity contribution in [1.82, 2.24) is 5.32 Å². The van der Waals surface area contributed by atoms with Gasteiger partial charge in [-0.25, -0.2) is 9.69 Å². The fraction of sp³-hybridized carbons (Fsp3) is 0.320. The molecule has 0 radical (unpaired) electrons. The predicted octanol–water partition coefficient (Wildman–Crippen LogP) is 4.58. The molecule has 0 saturated heterocycles. The highest BCUT2D eigenvalue weighted by Crippen LogP contribution is 2.38. The third-order valence-corrected chi connectivity index (χ3v) is 6.88. The van der Waals surface area contributed by atoms with Gasteiger partial charge in [0, 0.05) is 10.9 Å². The molecule has 166 valence electrons. The number of anilines is 1. The summed E-state index contributed by atoms with van der Waals surface area (Å²) >= 11 is 1.28. The SMILES string of the molecule is COC(=O)c1ccccc1N1C(=O)C(NC2CCCCC2)=C(Sc2ccc(C)cc2)C1=O. The van der Waals surface area contributed by atoms with Crippen LogP contribution in [0.3, 0.4) is 0 Å². The van der Waals surface area contributed by atoms with E-state index in [1.165, 1.54) is 25.3 Å². The first-order valence-electron chi connectivity index (χ1n) is 10.8. The number of methoxy groups -OCH3 is 1. The molecule has 2 amide bonds. The molecule has 2 aliphatic rings. The summed E-state index contributed by atoms with van der Waals surface area (Å²) in [4.78, 5) is 41.7. The molecule has 32 heavy (non-hydrogen) atoms. The summed E-state index contributed by atoms with van der Waals surface area (Å²) in [5, 5.41) is 3.37. The summed E-state index contributed by atoms with van der Waals surface area (Å²) in [6.07, 6.45) is 5.32. The average molecular weight is 451 g/mol. The van der Waals surface area contributed by atoms with E-state index >= 15 is 0 Å². The van der Waals surface area contributed by atoms with Crippen molar-refractivity contribution in [1.29, 1.82) is 0 Å². The molecule has 4 rings (SSSR count). The lowest BCUT2D eigenvalue weighted by atomic mass is 9.95. The number of rotatable bonds is 6. The minimum atomic E-state index is -0.595. The lowest BCUT2D eigenvalue weighted by molar-refractivity contribution is -0.120. The highest BCUT2D eigenvalue weighted by atomic mass is 32.2. The normalized spacial score (nSPS) is 17.1. The first kappa shape index (κ1) is 22.1. The second kappa shape index (κ2) is 9.61. The number of carbonyl (C=O) groups is 3. The van der Waals surface area contributed by atoms with Gasteiger partial charge in [-0.2, -0.15) is 0 Å². The maximum absolute atomic E-state index is 13.5. The zero-order valence-electron chi connectivity index (χ0n) is 18.2. The molecule has 0 bridgehead atoms. The number of nitrogens with zero attached hydrogens (tertiary/aromatic N) is 1. The Morgan fingerprint density at radius 2 is 1.69 bits per heavy atom. The Hall–Kier alpha value is -3.06. The van der Waals surface area contributed by atoms with Crippen molar-refractivity contribution in [3.05, 3.63) is 70.3 Å². The molecule has 1 saturated carbocycles. The highest BCUT2D eigenvalue weighted by Gasteiger charge is 2.42. The molecule has 1 aliphatic heterocycles. The number of para-hydroxylation sites is 1. The Balaban J connectivity index is 1.72. The maximum Gasteiger partial charge on any atom is 0.339 e. The van der Waals surface area contributed by atoms with E-state index < -0.39 is 17.8 Å². The van der Waals surface area contributed by atoms with Crippen LogP contribution in [0.1, 0.15) is 48.0 Å². The molecule has 0 aromatic heterocycles. The molecule has 2 aromatic rings. The van der Waals surface area contributed by atoms with Crippen molar-refractivity contribution in [3.8, 4) is 0 Å². The third-order valence-electron chi connectivity index (χ3n) is 5.79. The van der Waals surface area contributed by atoms with Crippen molar-refractivity contribution in [2.75, 3.05) is 12.0 Å². The van der Waals surface area contributed by atoms with Crippen LogP contribution in [-0.2, 0) is 14.3 Å². The molecule has 0 atom stereocenters. The van der Waals surface area contributed by atoms with E-state index in [-0.39, 0.29) is 17.3 Å². The number of carbonyl (C=O) groups excluding carboxylic acids is 3. The number of benzene rings is 2. The number of hydrogen-bond donors (Lipinski definition) is 1. The minimum Gasteiger partial charge on any atom is -0.465 e. The summed E-state index contributed by atoms with van der Waals surface area (Å²) in [6.45, 7) is 2.00. The fourth-order valence-electron chi connectivity index (χ4n) is 4.08. The molecule has 1 fully saturated rings. The lowest BCUT2D eigenvalue weighted by Crippen LogP contribution is -2.38. The Labute approximate surface area is 192 Å². The van der Waals surface area contributed by atoms with E-state index in [4.69, 9.17) is 4.74 Å². The van der Waals surface area contributed by atoms with Gasteiger partial charge < -0.3 is 10.1 Å². The number of amides is 2. The zero-order chi connectivity index (χ0) is 22.7. The van der Waals surface area contributed by atoms with Crippen molar-refractivity contribution < 1.29 is 19.1 Å². The van der Waals surface area contributed by atoms with Crippen molar-refractivity contribution >= 4 is 35.2 Å². The van der Waals surface area contributed by atoms with Gasteiger partial charge in [-0.1, -0.05) is 60.9 Å². The van der Waals surface area contributed by atoms with Gasteiger partial charge in [0.05, 0.1) is 18.4 Å². The Morgan fingerprint density at radius 1 is 1.00 bits per heavy atom. The largest absolute Gasteiger partial charge is 0.465 e. The molecule has 2 aromatic carbocycles. The molecule has 0 spiro atoms. The van der Waals surface area contributed by atoms with Crippen LogP contribution in [-0.4, -0.2) is 30.9 Å². The molecule has 1 heterocycles. The van der Waals surface area contributed by atoms with Crippen molar-refractivity contribution in [2.45, 2.75) is 50.0 Å².